The molecule has 0 unspecified atom stereocenters. The summed E-state index contributed by atoms with van der Waals surface area (Å²) in [4.78, 5) is 28.5. The molecule has 0 aromatic rings. The molecule has 0 radical (unpaired) electrons. The van der Waals surface area contributed by atoms with E-state index < -0.39 is 7.82 Å². The van der Waals surface area contributed by atoms with Crippen LogP contribution in [0.4, 0.5) is 0 Å². The highest BCUT2D eigenvalue weighted by atomic mass is 31.2. The highest BCUT2D eigenvalue weighted by Gasteiger charge is 2.14. The molecule has 0 aliphatic carbocycles. The molecule has 0 aliphatic rings. The zero-order chi connectivity index (χ0) is 18.8. The molecule has 0 aliphatic heterocycles. The molecule has 2 N–H and O–H groups in total. The van der Waals surface area contributed by atoms with Crippen molar-refractivity contribution in [2.45, 2.75) is 110 Å². The first-order valence-electron chi connectivity index (χ1n) is 10.2. The second-order valence-electron chi connectivity index (χ2n) is 6.96. The Morgan fingerprint density at radius 1 is 0.720 bits per heavy atom. The van der Waals surface area contributed by atoms with Crippen molar-refractivity contribution in [1.29, 1.82) is 0 Å². The van der Waals surface area contributed by atoms with Crippen molar-refractivity contribution in [3.8, 4) is 0 Å². The summed E-state index contributed by atoms with van der Waals surface area (Å²) in [7, 11) is -4.44. The quantitative estimate of drug-likeness (QED) is 0.215. The number of hydrogen-bond donors (Lipinski definition) is 2. The fourth-order valence-electron chi connectivity index (χ4n) is 2.92. The molecule has 0 atom stereocenters. The maximum Gasteiger partial charge on any atom is 0.469 e. The average Bonchev–Trinajstić information content (AvgIpc) is 2.54. The Labute approximate surface area is 154 Å². The van der Waals surface area contributed by atoms with Gasteiger partial charge in [0.25, 0.3) is 0 Å². The van der Waals surface area contributed by atoms with E-state index in [0.717, 1.165) is 12.8 Å². The largest absolute Gasteiger partial charge is 0.469 e. The predicted molar refractivity (Wildman–Crippen MR) is 103 cm³/mol. The summed E-state index contributed by atoms with van der Waals surface area (Å²) in [6.07, 6.45) is 18.5. The van der Waals surface area contributed by atoms with E-state index in [-0.39, 0.29) is 18.8 Å². The van der Waals surface area contributed by atoms with Gasteiger partial charge in [-0.3, -0.25) is 9.32 Å². The van der Waals surface area contributed by atoms with Crippen LogP contribution in [0.5, 0.6) is 0 Å². The van der Waals surface area contributed by atoms with Gasteiger partial charge in [0.1, 0.15) is 5.78 Å². The Kier molecular flexibility index (Phi) is 17.1. The zero-order valence-corrected chi connectivity index (χ0v) is 17.0. The molecule has 5 nitrogen and oxygen atoms in total. The summed E-state index contributed by atoms with van der Waals surface area (Å²) in [5.74, 6) is 0.0207. The summed E-state index contributed by atoms with van der Waals surface area (Å²) in [5.41, 5.74) is 0. The molecule has 0 saturated heterocycles. The maximum atomic E-state index is 11.5. The molecular formula is C19H39O5P. The van der Waals surface area contributed by atoms with Crippen LogP contribution in [0.25, 0.3) is 0 Å². The first-order chi connectivity index (χ1) is 12.0. The Morgan fingerprint density at radius 3 is 1.52 bits per heavy atom. The number of unbranched alkanes of at least 4 members (excludes halogenated alkanes) is 13. The summed E-state index contributed by atoms with van der Waals surface area (Å²) < 4.78 is 14.7. The highest BCUT2D eigenvalue weighted by Crippen LogP contribution is 2.35. The highest BCUT2D eigenvalue weighted by molar-refractivity contribution is 7.46. The minimum Gasteiger partial charge on any atom is -0.303 e. The molecule has 25 heavy (non-hydrogen) atoms. The Bertz CT molecular complexity index is 354. The molecule has 0 amide bonds. The van der Waals surface area contributed by atoms with Crippen LogP contribution in [0.1, 0.15) is 110 Å². The number of ketones is 1. The molecule has 0 bridgehead atoms. The molecule has 0 rings (SSSR count). The van der Waals surface area contributed by atoms with Gasteiger partial charge in [-0.25, -0.2) is 4.57 Å². The van der Waals surface area contributed by atoms with E-state index >= 15 is 0 Å². The van der Waals surface area contributed by atoms with E-state index in [0.29, 0.717) is 6.42 Å². The van der Waals surface area contributed by atoms with Crippen LogP contribution >= 0.6 is 7.82 Å². The number of carbonyl (C=O) groups excluding carboxylic acids is 1. The fourth-order valence-corrected chi connectivity index (χ4v) is 3.25. The van der Waals surface area contributed by atoms with Crippen molar-refractivity contribution in [1.82, 2.24) is 0 Å². The van der Waals surface area contributed by atoms with Gasteiger partial charge in [-0.05, 0) is 6.42 Å². The van der Waals surface area contributed by atoms with Crippen LogP contribution in [0, 0.1) is 0 Å². The smallest absolute Gasteiger partial charge is 0.303 e. The van der Waals surface area contributed by atoms with Gasteiger partial charge < -0.3 is 9.79 Å². The number of rotatable bonds is 19. The summed E-state index contributed by atoms with van der Waals surface area (Å²) in [6.45, 7) is 2.06. The molecule has 6 heteroatoms. The SMILES string of the molecule is CCCCCCCCCCCCCCCCC(=O)CCOP(=O)(O)O. The van der Waals surface area contributed by atoms with Gasteiger partial charge in [0, 0.05) is 12.8 Å². The number of Topliss-reactive ketones (excluding diaryl/α,β-unsaturated/α-hetero) is 1. The van der Waals surface area contributed by atoms with Crippen molar-refractivity contribution >= 4 is 13.6 Å². The van der Waals surface area contributed by atoms with E-state index in [4.69, 9.17) is 9.79 Å². The fraction of sp³-hybridized carbons (Fsp3) is 0.947. The molecule has 0 aromatic heterocycles. The minimum absolute atomic E-state index is 0.0207. The van der Waals surface area contributed by atoms with E-state index in [1.165, 1.54) is 77.0 Å². The first-order valence-corrected chi connectivity index (χ1v) is 11.7. The molecule has 0 spiro atoms. The van der Waals surface area contributed by atoms with Gasteiger partial charge in [-0.2, -0.15) is 0 Å². The van der Waals surface area contributed by atoms with E-state index in [1.807, 2.05) is 0 Å². The third-order valence-electron chi connectivity index (χ3n) is 4.45. The lowest BCUT2D eigenvalue weighted by Gasteiger charge is -2.05. The Balaban J connectivity index is 3.18. The predicted octanol–water partition coefficient (Wildman–Crippen LogP) is 5.93. The van der Waals surface area contributed by atoms with Crippen molar-refractivity contribution in [2.75, 3.05) is 6.61 Å². The lowest BCUT2D eigenvalue weighted by atomic mass is 10.0. The van der Waals surface area contributed by atoms with Gasteiger partial charge >= 0.3 is 7.82 Å². The Hall–Kier alpha value is -0.220. The zero-order valence-electron chi connectivity index (χ0n) is 16.1. The normalized spacial score (nSPS) is 11.8. The van der Waals surface area contributed by atoms with Crippen LogP contribution in [-0.4, -0.2) is 22.2 Å². The van der Waals surface area contributed by atoms with Crippen molar-refractivity contribution in [3.05, 3.63) is 0 Å². The van der Waals surface area contributed by atoms with Crippen LogP contribution < -0.4 is 0 Å². The summed E-state index contributed by atoms with van der Waals surface area (Å²) in [6, 6.07) is 0. The molecule has 0 fully saturated rings. The number of phosphoric acid groups is 1. The monoisotopic (exact) mass is 378 g/mol. The minimum atomic E-state index is -4.44. The lowest BCUT2D eigenvalue weighted by molar-refractivity contribution is -0.119. The second kappa shape index (κ2) is 17.2. The van der Waals surface area contributed by atoms with Crippen LogP contribution in [0.3, 0.4) is 0 Å². The third kappa shape index (κ3) is 21.7. The summed E-state index contributed by atoms with van der Waals surface area (Å²) in [5, 5.41) is 0. The standard InChI is InChI=1S/C19H39O5P/c1-2-3-4-5-6-7-8-9-10-11-12-13-14-15-16-19(20)17-18-24-25(21,22)23/h2-18H2,1H3,(H2,21,22,23). The number of phosphoric ester groups is 1. The van der Waals surface area contributed by atoms with Gasteiger partial charge in [-0.1, -0.05) is 90.4 Å². The molecule has 150 valence electrons. The van der Waals surface area contributed by atoms with Crippen LogP contribution in [0.15, 0.2) is 0 Å². The van der Waals surface area contributed by atoms with Crippen molar-refractivity contribution < 1.29 is 23.7 Å². The van der Waals surface area contributed by atoms with Gasteiger partial charge in [0.15, 0.2) is 0 Å². The Morgan fingerprint density at radius 2 is 1.12 bits per heavy atom. The van der Waals surface area contributed by atoms with Gasteiger partial charge in [0.2, 0.25) is 0 Å². The van der Waals surface area contributed by atoms with Crippen molar-refractivity contribution in [3.63, 3.8) is 0 Å². The molecule has 0 aromatic carbocycles. The molecular weight excluding hydrogens is 339 g/mol. The average molecular weight is 378 g/mol. The van der Waals surface area contributed by atoms with Crippen LogP contribution in [-0.2, 0) is 13.9 Å². The van der Waals surface area contributed by atoms with E-state index in [9.17, 15) is 9.36 Å². The molecule has 0 saturated carbocycles. The van der Waals surface area contributed by atoms with Crippen molar-refractivity contribution in [2.24, 2.45) is 0 Å². The second-order valence-corrected chi connectivity index (χ2v) is 8.20. The van der Waals surface area contributed by atoms with E-state index in [2.05, 4.69) is 11.4 Å². The first kappa shape index (κ1) is 24.8. The maximum absolute atomic E-state index is 11.5. The van der Waals surface area contributed by atoms with Crippen LogP contribution in [0.2, 0.25) is 0 Å². The number of hydrogen-bond acceptors (Lipinski definition) is 3. The lowest BCUT2D eigenvalue weighted by Crippen LogP contribution is -2.03. The number of carbonyl (C=O) groups is 1. The summed E-state index contributed by atoms with van der Waals surface area (Å²) >= 11 is 0. The van der Waals surface area contributed by atoms with Gasteiger partial charge in [0.05, 0.1) is 6.61 Å². The third-order valence-corrected chi connectivity index (χ3v) is 4.97. The topological polar surface area (TPSA) is 83.8 Å². The molecule has 0 heterocycles. The van der Waals surface area contributed by atoms with E-state index in [1.54, 1.807) is 0 Å². The van der Waals surface area contributed by atoms with Gasteiger partial charge in [-0.15, -0.1) is 0 Å².